The van der Waals surface area contributed by atoms with E-state index in [0.29, 0.717) is 36.3 Å². The first-order chi connectivity index (χ1) is 13.7. The van der Waals surface area contributed by atoms with Crippen molar-refractivity contribution in [2.75, 3.05) is 18.5 Å². The number of anilines is 1. The molecular weight excluding hydrogens is 378 g/mol. The fraction of sp³-hybridized carbons (Fsp3) is 0.143. The van der Waals surface area contributed by atoms with Crippen LogP contribution in [0.4, 0.5) is 5.82 Å². The summed E-state index contributed by atoms with van der Waals surface area (Å²) in [5.41, 5.74) is 1.78. The molecule has 0 radical (unpaired) electrons. The van der Waals surface area contributed by atoms with Gasteiger partial charge < -0.3 is 14.8 Å². The number of carbonyl (C=O) groups excluding carboxylic acids is 1. The Kier molecular flexibility index (Phi) is 5.30. The van der Waals surface area contributed by atoms with Crippen LogP contribution in [0, 0.1) is 0 Å². The molecule has 1 amide bonds. The van der Waals surface area contributed by atoms with Gasteiger partial charge in [0, 0.05) is 17.2 Å². The van der Waals surface area contributed by atoms with Gasteiger partial charge in [0.05, 0.1) is 12.7 Å². The molecule has 0 saturated carbocycles. The smallest absolute Gasteiger partial charge is 0.249 e. The standard InChI is InChI=1S/C21H18ClN3O3/c22-17-4-2-1-3-16(17)14-25-20(9-10-23-25)24-21(26)8-6-15-5-7-18-19(13-15)28-12-11-27-18/h1-10,13H,11-12,14H2,(H,24,26). The molecule has 7 heteroatoms. The second-order valence-electron chi connectivity index (χ2n) is 6.19. The molecule has 1 N–H and O–H groups in total. The molecule has 0 bridgehead atoms. The lowest BCUT2D eigenvalue weighted by Gasteiger charge is -2.18. The Bertz CT molecular complexity index is 1030. The van der Waals surface area contributed by atoms with Crippen molar-refractivity contribution >= 4 is 29.4 Å². The van der Waals surface area contributed by atoms with E-state index in [1.165, 1.54) is 6.08 Å². The Balaban J connectivity index is 1.43. The van der Waals surface area contributed by atoms with Gasteiger partial charge in [-0.15, -0.1) is 0 Å². The Morgan fingerprint density at radius 1 is 1.14 bits per heavy atom. The normalized spacial score (nSPS) is 12.9. The topological polar surface area (TPSA) is 65.4 Å². The van der Waals surface area contributed by atoms with Gasteiger partial charge in [0.2, 0.25) is 5.91 Å². The van der Waals surface area contributed by atoms with Crippen molar-refractivity contribution in [2.45, 2.75) is 6.54 Å². The summed E-state index contributed by atoms with van der Waals surface area (Å²) in [6.07, 6.45) is 4.83. The summed E-state index contributed by atoms with van der Waals surface area (Å²) >= 11 is 6.21. The van der Waals surface area contributed by atoms with Gasteiger partial charge >= 0.3 is 0 Å². The Morgan fingerprint density at radius 2 is 1.96 bits per heavy atom. The van der Waals surface area contributed by atoms with Crippen LogP contribution in [0.5, 0.6) is 11.5 Å². The van der Waals surface area contributed by atoms with Gasteiger partial charge in [-0.3, -0.25) is 4.79 Å². The molecule has 1 aliphatic heterocycles. The van der Waals surface area contributed by atoms with Crippen molar-refractivity contribution in [2.24, 2.45) is 0 Å². The molecule has 0 atom stereocenters. The number of hydrogen-bond donors (Lipinski definition) is 1. The Morgan fingerprint density at radius 3 is 2.82 bits per heavy atom. The van der Waals surface area contributed by atoms with Crippen molar-refractivity contribution in [3.05, 3.63) is 77.0 Å². The van der Waals surface area contributed by atoms with Crippen LogP contribution >= 0.6 is 11.6 Å². The van der Waals surface area contributed by atoms with Crippen LogP contribution in [-0.4, -0.2) is 28.9 Å². The summed E-state index contributed by atoms with van der Waals surface area (Å²) in [5.74, 6) is 1.75. The van der Waals surface area contributed by atoms with Crippen LogP contribution in [0.2, 0.25) is 5.02 Å². The predicted molar refractivity (Wildman–Crippen MR) is 108 cm³/mol. The second kappa shape index (κ2) is 8.19. The highest BCUT2D eigenvalue weighted by Gasteiger charge is 2.11. The monoisotopic (exact) mass is 395 g/mol. The molecule has 1 aliphatic rings. The zero-order valence-corrected chi connectivity index (χ0v) is 15.7. The molecule has 3 aromatic rings. The SMILES string of the molecule is O=C(C=Cc1ccc2c(c1)OCCO2)Nc1ccnn1Cc1ccccc1Cl. The first-order valence-corrected chi connectivity index (χ1v) is 9.21. The minimum absolute atomic E-state index is 0.254. The number of amides is 1. The molecule has 142 valence electrons. The zero-order chi connectivity index (χ0) is 19.3. The summed E-state index contributed by atoms with van der Waals surface area (Å²) in [7, 11) is 0. The number of nitrogens with zero attached hydrogens (tertiary/aromatic N) is 2. The van der Waals surface area contributed by atoms with E-state index in [4.69, 9.17) is 21.1 Å². The van der Waals surface area contributed by atoms with E-state index in [9.17, 15) is 4.79 Å². The summed E-state index contributed by atoms with van der Waals surface area (Å²) in [6, 6.07) is 14.8. The van der Waals surface area contributed by atoms with E-state index < -0.39 is 0 Å². The van der Waals surface area contributed by atoms with Crippen LogP contribution in [0.15, 0.2) is 60.8 Å². The number of halogens is 1. The number of benzene rings is 2. The fourth-order valence-electron chi connectivity index (χ4n) is 2.86. The number of hydrogen-bond acceptors (Lipinski definition) is 4. The lowest BCUT2D eigenvalue weighted by molar-refractivity contribution is -0.111. The van der Waals surface area contributed by atoms with Crippen molar-refractivity contribution in [1.29, 1.82) is 0 Å². The highest BCUT2D eigenvalue weighted by molar-refractivity contribution is 6.31. The van der Waals surface area contributed by atoms with Crippen molar-refractivity contribution in [1.82, 2.24) is 9.78 Å². The lowest BCUT2D eigenvalue weighted by Crippen LogP contribution is -2.15. The average Bonchev–Trinajstić information content (AvgIpc) is 3.14. The molecule has 28 heavy (non-hydrogen) atoms. The third-order valence-electron chi connectivity index (χ3n) is 4.24. The summed E-state index contributed by atoms with van der Waals surface area (Å²) in [4.78, 5) is 12.3. The van der Waals surface area contributed by atoms with Crippen LogP contribution in [0.25, 0.3) is 6.08 Å². The summed E-state index contributed by atoms with van der Waals surface area (Å²) in [5, 5.41) is 7.76. The molecule has 6 nitrogen and oxygen atoms in total. The third kappa shape index (κ3) is 4.18. The first-order valence-electron chi connectivity index (χ1n) is 8.83. The van der Waals surface area contributed by atoms with E-state index in [1.54, 1.807) is 23.0 Å². The molecule has 4 rings (SSSR count). The van der Waals surface area contributed by atoms with Crippen LogP contribution in [0.1, 0.15) is 11.1 Å². The van der Waals surface area contributed by atoms with E-state index >= 15 is 0 Å². The summed E-state index contributed by atoms with van der Waals surface area (Å²) in [6.45, 7) is 1.54. The molecule has 0 spiro atoms. The number of nitrogens with one attached hydrogen (secondary N) is 1. The van der Waals surface area contributed by atoms with E-state index in [-0.39, 0.29) is 5.91 Å². The van der Waals surface area contributed by atoms with E-state index in [0.717, 1.165) is 16.9 Å². The zero-order valence-electron chi connectivity index (χ0n) is 15.0. The maximum Gasteiger partial charge on any atom is 0.249 e. The second-order valence-corrected chi connectivity index (χ2v) is 6.60. The first kappa shape index (κ1) is 18.1. The quantitative estimate of drug-likeness (QED) is 0.663. The Hall–Kier alpha value is -3.25. The number of carbonyl (C=O) groups is 1. The predicted octanol–water partition coefficient (Wildman–Crippen LogP) is 4.01. The molecule has 0 aliphatic carbocycles. The van der Waals surface area contributed by atoms with Crippen molar-refractivity contribution in [3.63, 3.8) is 0 Å². The van der Waals surface area contributed by atoms with Gasteiger partial charge in [-0.2, -0.15) is 5.10 Å². The summed E-state index contributed by atoms with van der Waals surface area (Å²) < 4.78 is 12.7. The highest BCUT2D eigenvalue weighted by Crippen LogP contribution is 2.31. The van der Waals surface area contributed by atoms with Gasteiger partial charge in [-0.05, 0) is 35.4 Å². The number of fused-ring (bicyclic) bond motifs is 1. The fourth-order valence-corrected chi connectivity index (χ4v) is 3.05. The maximum atomic E-state index is 12.3. The minimum Gasteiger partial charge on any atom is -0.486 e. The average molecular weight is 396 g/mol. The molecule has 0 unspecified atom stereocenters. The van der Waals surface area contributed by atoms with Crippen LogP contribution < -0.4 is 14.8 Å². The molecule has 2 aromatic carbocycles. The van der Waals surface area contributed by atoms with Gasteiger partial charge in [0.25, 0.3) is 0 Å². The molecule has 0 fully saturated rings. The van der Waals surface area contributed by atoms with Crippen LogP contribution in [0.3, 0.4) is 0 Å². The van der Waals surface area contributed by atoms with Crippen molar-refractivity contribution in [3.8, 4) is 11.5 Å². The lowest BCUT2D eigenvalue weighted by atomic mass is 10.2. The molecule has 0 saturated heterocycles. The van der Waals surface area contributed by atoms with Gasteiger partial charge in [0.1, 0.15) is 19.0 Å². The van der Waals surface area contributed by atoms with E-state index in [2.05, 4.69) is 10.4 Å². The van der Waals surface area contributed by atoms with Crippen molar-refractivity contribution < 1.29 is 14.3 Å². The highest BCUT2D eigenvalue weighted by atomic mass is 35.5. The van der Waals surface area contributed by atoms with E-state index in [1.807, 2.05) is 42.5 Å². The molecular formula is C21H18ClN3O3. The number of ether oxygens (including phenoxy) is 2. The molecule has 2 heterocycles. The maximum absolute atomic E-state index is 12.3. The largest absolute Gasteiger partial charge is 0.486 e. The van der Waals surface area contributed by atoms with Gasteiger partial charge in [-0.1, -0.05) is 35.9 Å². The molecule has 1 aromatic heterocycles. The number of rotatable bonds is 5. The third-order valence-corrected chi connectivity index (χ3v) is 4.61. The van der Waals surface area contributed by atoms with Gasteiger partial charge in [-0.25, -0.2) is 4.68 Å². The minimum atomic E-state index is -0.254. The number of aromatic nitrogens is 2. The van der Waals surface area contributed by atoms with Gasteiger partial charge in [0.15, 0.2) is 11.5 Å². The Labute approximate surface area is 167 Å². The van der Waals surface area contributed by atoms with Crippen LogP contribution in [-0.2, 0) is 11.3 Å².